The fraction of sp³-hybridized carbons (Fsp3) is 0.286. The number of esters is 1. The fourth-order valence-electron chi connectivity index (χ4n) is 4.03. The molecule has 0 aliphatic carbocycles. The van der Waals surface area contributed by atoms with Crippen LogP contribution in [0.25, 0.3) is 10.9 Å². The first-order valence-electron chi connectivity index (χ1n) is 9.05. The van der Waals surface area contributed by atoms with Crippen LogP contribution in [0.3, 0.4) is 0 Å². The lowest BCUT2D eigenvalue weighted by Crippen LogP contribution is -2.56. The Balaban J connectivity index is 1.95. The molecule has 0 saturated heterocycles. The first kappa shape index (κ1) is 19.2. The Morgan fingerprint density at radius 2 is 2.03 bits per heavy atom. The van der Waals surface area contributed by atoms with E-state index in [-0.39, 0.29) is 17.9 Å². The molecule has 0 spiro atoms. The number of nitrogens with one attached hydrogen (secondary N) is 2. The van der Waals surface area contributed by atoms with Gasteiger partial charge in [-0.1, -0.05) is 18.2 Å². The smallest absolute Gasteiger partial charge is 0.387 e. The van der Waals surface area contributed by atoms with E-state index in [0.717, 1.165) is 5.69 Å². The molecule has 0 saturated carbocycles. The number of benzene rings is 2. The quantitative estimate of drug-likeness (QED) is 0.581. The highest BCUT2D eigenvalue weighted by Crippen LogP contribution is 2.42. The number of ether oxygens (including phenoxy) is 2. The van der Waals surface area contributed by atoms with Gasteiger partial charge in [0, 0.05) is 23.0 Å². The van der Waals surface area contributed by atoms with Gasteiger partial charge in [0.1, 0.15) is 17.0 Å². The third-order valence-electron chi connectivity index (χ3n) is 5.26. The van der Waals surface area contributed by atoms with Gasteiger partial charge in [0.15, 0.2) is 0 Å². The zero-order chi connectivity index (χ0) is 20.8. The zero-order valence-electron chi connectivity index (χ0n) is 15.8. The van der Waals surface area contributed by atoms with Gasteiger partial charge in [-0.3, -0.25) is 10.1 Å². The third-order valence-corrected chi connectivity index (χ3v) is 5.26. The summed E-state index contributed by atoms with van der Waals surface area (Å²) >= 11 is 0. The highest BCUT2D eigenvalue weighted by molar-refractivity contribution is 5.93. The molecule has 0 amide bonds. The van der Waals surface area contributed by atoms with E-state index in [1.54, 1.807) is 37.3 Å². The van der Waals surface area contributed by atoms with Crippen LogP contribution in [0.15, 0.2) is 42.5 Å². The highest BCUT2D eigenvalue weighted by atomic mass is 19.3. The number of aromatic nitrogens is 1. The number of aromatic amines is 1. The SMILES string of the molecule is COC(=O)C1(C)Cc2c([nH]c3cccc(OC(F)F)c23)C(c2cccc(O)c2)N1. The Kier molecular flexibility index (Phi) is 4.66. The van der Waals surface area contributed by atoms with Crippen LogP contribution in [0, 0.1) is 0 Å². The lowest BCUT2D eigenvalue weighted by atomic mass is 9.82. The molecule has 1 aliphatic heterocycles. The summed E-state index contributed by atoms with van der Waals surface area (Å²) in [5, 5.41) is 13.7. The van der Waals surface area contributed by atoms with Crippen LogP contribution in [-0.4, -0.2) is 35.3 Å². The molecular weight excluding hydrogens is 382 g/mol. The molecule has 29 heavy (non-hydrogen) atoms. The number of carbonyl (C=O) groups excluding carboxylic acids is 1. The van der Waals surface area contributed by atoms with Crippen molar-refractivity contribution in [3.63, 3.8) is 0 Å². The summed E-state index contributed by atoms with van der Waals surface area (Å²) < 4.78 is 35.6. The van der Waals surface area contributed by atoms with Crippen LogP contribution in [-0.2, 0) is 16.0 Å². The van der Waals surface area contributed by atoms with Crippen molar-refractivity contribution in [2.24, 2.45) is 0 Å². The van der Waals surface area contributed by atoms with Crippen molar-refractivity contribution in [1.29, 1.82) is 0 Å². The highest BCUT2D eigenvalue weighted by Gasteiger charge is 2.44. The van der Waals surface area contributed by atoms with Gasteiger partial charge in [-0.05, 0) is 42.3 Å². The van der Waals surface area contributed by atoms with Crippen molar-refractivity contribution in [3.8, 4) is 11.5 Å². The molecule has 2 heterocycles. The number of aromatic hydroxyl groups is 1. The summed E-state index contributed by atoms with van der Waals surface area (Å²) in [7, 11) is 1.30. The Morgan fingerprint density at radius 1 is 1.28 bits per heavy atom. The van der Waals surface area contributed by atoms with Crippen LogP contribution >= 0.6 is 0 Å². The minimum Gasteiger partial charge on any atom is -0.508 e. The van der Waals surface area contributed by atoms with Gasteiger partial charge in [-0.2, -0.15) is 8.78 Å². The van der Waals surface area contributed by atoms with E-state index in [1.165, 1.54) is 13.2 Å². The molecule has 1 aliphatic rings. The Hall–Kier alpha value is -3.13. The number of methoxy groups -OCH3 is 1. The van der Waals surface area contributed by atoms with E-state index >= 15 is 0 Å². The monoisotopic (exact) mass is 402 g/mol. The van der Waals surface area contributed by atoms with Crippen molar-refractivity contribution in [2.75, 3.05) is 7.11 Å². The summed E-state index contributed by atoms with van der Waals surface area (Å²) in [6.07, 6.45) is 0.216. The molecule has 3 N–H and O–H groups in total. The largest absolute Gasteiger partial charge is 0.508 e. The molecule has 2 aromatic carbocycles. The molecule has 0 bridgehead atoms. The third kappa shape index (κ3) is 3.29. The summed E-state index contributed by atoms with van der Waals surface area (Å²) in [6.45, 7) is -1.27. The van der Waals surface area contributed by atoms with Crippen molar-refractivity contribution >= 4 is 16.9 Å². The van der Waals surface area contributed by atoms with E-state index in [2.05, 4.69) is 10.3 Å². The van der Waals surface area contributed by atoms with Crippen LogP contribution < -0.4 is 10.1 Å². The maximum atomic E-state index is 13.0. The molecule has 3 aromatic rings. The zero-order valence-corrected chi connectivity index (χ0v) is 15.8. The van der Waals surface area contributed by atoms with E-state index in [0.29, 0.717) is 22.0 Å². The van der Waals surface area contributed by atoms with Crippen molar-refractivity contribution in [1.82, 2.24) is 10.3 Å². The average Bonchev–Trinajstić information content (AvgIpc) is 3.05. The molecule has 0 fully saturated rings. The topological polar surface area (TPSA) is 83.6 Å². The van der Waals surface area contributed by atoms with Crippen LogP contribution in [0.5, 0.6) is 11.5 Å². The van der Waals surface area contributed by atoms with Crippen LogP contribution in [0.4, 0.5) is 8.78 Å². The molecule has 2 unspecified atom stereocenters. The summed E-state index contributed by atoms with van der Waals surface area (Å²) in [5.41, 5.74) is 1.64. The van der Waals surface area contributed by atoms with Gasteiger partial charge < -0.3 is 19.6 Å². The van der Waals surface area contributed by atoms with Crippen LogP contribution in [0.1, 0.15) is 29.8 Å². The number of hydrogen-bond acceptors (Lipinski definition) is 5. The number of phenols is 1. The van der Waals surface area contributed by atoms with E-state index in [9.17, 15) is 18.7 Å². The van der Waals surface area contributed by atoms with Gasteiger partial charge in [-0.25, -0.2) is 0 Å². The van der Waals surface area contributed by atoms with E-state index in [1.807, 2.05) is 6.07 Å². The molecule has 4 rings (SSSR count). The lowest BCUT2D eigenvalue weighted by molar-refractivity contribution is -0.148. The minimum absolute atomic E-state index is 0.0405. The van der Waals surface area contributed by atoms with Gasteiger partial charge in [0.05, 0.1) is 13.2 Å². The summed E-state index contributed by atoms with van der Waals surface area (Å²) in [4.78, 5) is 15.8. The van der Waals surface area contributed by atoms with Gasteiger partial charge in [-0.15, -0.1) is 0 Å². The van der Waals surface area contributed by atoms with Crippen molar-refractivity contribution in [2.45, 2.75) is 31.5 Å². The fourth-order valence-corrected chi connectivity index (χ4v) is 4.03. The summed E-state index contributed by atoms with van der Waals surface area (Å²) in [6, 6.07) is 11.0. The number of rotatable bonds is 4. The molecule has 152 valence electrons. The normalized spacial score (nSPS) is 21.2. The summed E-state index contributed by atoms with van der Waals surface area (Å²) in [5.74, 6) is -0.359. The average molecular weight is 402 g/mol. The Morgan fingerprint density at radius 3 is 2.72 bits per heavy atom. The first-order valence-corrected chi connectivity index (χ1v) is 9.05. The molecule has 0 radical (unpaired) electrons. The molecule has 1 aromatic heterocycles. The number of carbonyl (C=O) groups is 1. The minimum atomic E-state index is -2.97. The number of fused-ring (bicyclic) bond motifs is 3. The molecule has 2 atom stereocenters. The molecule has 6 nitrogen and oxygen atoms in total. The maximum Gasteiger partial charge on any atom is 0.387 e. The second-order valence-corrected chi connectivity index (χ2v) is 7.25. The van der Waals surface area contributed by atoms with Gasteiger partial charge >= 0.3 is 12.6 Å². The Labute approximate surface area is 165 Å². The number of H-pyrrole nitrogens is 1. The number of halogens is 2. The van der Waals surface area contributed by atoms with Crippen LogP contribution in [0.2, 0.25) is 0 Å². The predicted octanol–water partition coefficient (Wildman–Crippen LogP) is 3.64. The Bertz CT molecular complexity index is 1080. The number of alkyl halides is 2. The lowest BCUT2D eigenvalue weighted by Gasteiger charge is -2.38. The van der Waals surface area contributed by atoms with E-state index in [4.69, 9.17) is 9.47 Å². The number of phenolic OH excluding ortho intramolecular Hbond substituents is 1. The standard InChI is InChI=1S/C21H20F2N2O4/c1-21(19(27)28-2)10-13-16-14(7-4-8-15(16)29-20(22)23)24-18(13)17(25-21)11-5-3-6-12(26)9-11/h3-9,17,20,24-26H,10H2,1-2H3. The molecular formula is C21H20F2N2O4. The predicted molar refractivity (Wildman–Crippen MR) is 102 cm³/mol. The second kappa shape index (κ2) is 7.04. The van der Waals surface area contributed by atoms with Crippen molar-refractivity contribution in [3.05, 3.63) is 59.3 Å². The van der Waals surface area contributed by atoms with Gasteiger partial charge in [0.2, 0.25) is 0 Å². The molecule has 8 heteroatoms. The first-order chi connectivity index (χ1) is 13.8. The van der Waals surface area contributed by atoms with Gasteiger partial charge in [0.25, 0.3) is 0 Å². The number of hydrogen-bond donors (Lipinski definition) is 3. The second-order valence-electron chi connectivity index (χ2n) is 7.25. The maximum absolute atomic E-state index is 13.0. The van der Waals surface area contributed by atoms with Crippen molar-refractivity contribution < 1.29 is 28.2 Å². The van der Waals surface area contributed by atoms with E-state index < -0.39 is 24.2 Å².